The van der Waals surface area contributed by atoms with Gasteiger partial charge in [0.1, 0.15) is 12.1 Å². The standard InChI is InChI=1S/C32H51N5O6/c1-6-11-23(26(39)29(41)33-22-14-15-22)34-28(40)24-18-32(17-21(7-2)36-43-32)19-37(24)30(42)27(31(3,4)5)35-25(38)16-20-12-9-8-10-13-20/h20,22-24,27H,6-19H2,1-5H3,(H,33,41)(H,34,40)(H,35,38)/t23-,24-,27+,32+/m0/s1. The summed E-state index contributed by atoms with van der Waals surface area (Å²) in [6.45, 7) is 9.69. The largest absolute Gasteiger partial charge is 0.387 e. The molecule has 43 heavy (non-hydrogen) atoms. The molecule has 4 atom stereocenters. The Morgan fingerprint density at radius 2 is 1.72 bits per heavy atom. The summed E-state index contributed by atoms with van der Waals surface area (Å²) < 4.78 is 0. The predicted molar refractivity (Wildman–Crippen MR) is 162 cm³/mol. The monoisotopic (exact) mass is 601 g/mol. The number of rotatable bonds is 12. The normalized spacial score (nSPS) is 25.5. The third-order valence-corrected chi connectivity index (χ3v) is 9.25. The molecular weight excluding hydrogens is 550 g/mol. The summed E-state index contributed by atoms with van der Waals surface area (Å²) in [6, 6.07) is -2.78. The molecule has 1 saturated heterocycles. The molecule has 2 saturated carbocycles. The van der Waals surface area contributed by atoms with Gasteiger partial charge in [-0.15, -0.1) is 0 Å². The van der Waals surface area contributed by atoms with Gasteiger partial charge in [-0.3, -0.25) is 24.0 Å². The van der Waals surface area contributed by atoms with Gasteiger partial charge < -0.3 is 25.7 Å². The fourth-order valence-electron chi connectivity index (χ4n) is 6.55. The van der Waals surface area contributed by atoms with Gasteiger partial charge in [0.25, 0.3) is 5.91 Å². The molecule has 1 spiro atoms. The minimum Gasteiger partial charge on any atom is -0.387 e. The van der Waals surface area contributed by atoms with E-state index in [1.54, 1.807) is 0 Å². The van der Waals surface area contributed by atoms with Crippen LogP contribution in [-0.4, -0.2) is 76.3 Å². The molecule has 4 rings (SSSR count). The lowest BCUT2D eigenvalue weighted by molar-refractivity contribution is -0.145. The number of hydrogen-bond donors (Lipinski definition) is 3. The molecule has 0 aromatic rings. The van der Waals surface area contributed by atoms with Crippen LogP contribution in [0, 0.1) is 11.3 Å². The first-order valence-corrected chi connectivity index (χ1v) is 16.3. The van der Waals surface area contributed by atoms with E-state index in [0.29, 0.717) is 38.0 Å². The van der Waals surface area contributed by atoms with Crippen molar-refractivity contribution in [2.75, 3.05) is 6.54 Å². The van der Waals surface area contributed by atoms with E-state index in [9.17, 15) is 24.0 Å². The lowest BCUT2D eigenvalue weighted by atomic mass is 9.84. The number of carbonyl (C=O) groups is 5. The summed E-state index contributed by atoms with van der Waals surface area (Å²) in [6.07, 6.45) is 9.83. The molecule has 0 radical (unpaired) electrons. The van der Waals surface area contributed by atoms with Crippen molar-refractivity contribution in [3.63, 3.8) is 0 Å². The predicted octanol–water partition coefficient (Wildman–Crippen LogP) is 3.15. The molecule has 2 aliphatic carbocycles. The van der Waals surface area contributed by atoms with Crippen molar-refractivity contribution in [2.24, 2.45) is 16.5 Å². The molecule has 3 fully saturated rings. The zero-order valence-electron chi connectivity index (χ0n) is 26.6. The minimum absolute atomic E-state index is 0.0205. The number of nitrogens with one attached hydrogen (secondary N) is 3. The zero-order chi connectivity index (χ0) is 31.4. The molecule has 4 aliphatic rings. The van der Waals surface area contributed by atoms with Crippen molar-refractivity contribution in [3.05, 3.63) is 0 Å². The molecule has 240 valence electrons. The van der Waals surface area contributed by atoms with E-state index in [2.05, 4.69) is 21.1 Å². The first-order valence-electron chi connectivity index (χ1n) is 16.3. The van der Waals surface area contributed by atoms with Crippen LogP contribution in [0.1, 0.15) is 118 Å². The van der Waals surface area contributed by atoms with Crippen molar-refractivity contribution < 1.29 is 28.8 Å². The molecule has 4 amide bonds. The van der Waals surface area contributed by atoms with Crippen molar-refractivity contribution in [1.29, 1.82) is 0 Å². The summed E-state index contributed by atoms with van der Waals surface area (Å²) in [5, 5.41) is 12.8. The van der Waals surface area contributed by atoms with Crippen LogP contribution < -0.4 is 16.0 Å². The first-order chi connectivity index (χ1) is 20.4. The maximum Gasteiger partial charge on any atom is 0.289 e. The third kappa shape index (κ3) is 8.35. The number of oxime groups is 1. The maximum atomic E-state index is 14.3. The second-order valence-corrected chi connectivity index (χ2v) is 14.2. The average Bonchev–Trinajstić information content (AvgIpc) is 3.56. The van der Waals surface area contributed by atoms with Gasteiger partial charge in [-0.25, -0.2) is 0 Å². The van der Waals surface area contributed by atoms with Crippen LogP contribution in [0.15, 0.2) is 5.16 Å². The highest BCUT2D eigenvalue weighted by atomic mass is 16.7. The number of likely N-dealkylation sites (tertiary alicyclic amines) is 1. The van der Waals surface area contributed by atoms with Gasteiger partial charge in [0.2, 0.25) is 23.5 Å². The minimum atomic E-state index is -0.995. The van der Waals surface area contributed by atoms with Crippen LogP contribution in [0.4, 0.5) is 0 Å². The van der Waals surface area contributed by atoms with Gasteiger partial charge in [0.05, 0.1) is 18.3 Å². The van der Waals surface area contributed by atoms with Crippen LogP contribution in [0.2, 0.25) is 0 Å². The van der Waals surface area contributed by atoms with Gasteiger partial charge in [-0.2, -0.15) is 0 Å². The molecule has 0 unspecified atom stereocenters. The fourth-order valence-corrected chi connectivity index (χ4v) is 6.55. The van der Waals surface area contributed by atoms with Crippen LogP contribution in [0.25, 0.3) is 0 Å². The number of amides is 4. The number of ketones is 1. The van der Waals surface area contributed by atoms with Crippen LogP contribution >= 0.6 is 0 Å². The van der Waals surface area contributed by atoms with Gasteiger partial charge in [0, 0.05) is 25.3 Å². The molecule has 11 nitrogen and oxygen atoms in total. The Bertz CT molecular complexity index is 1110. The summed E-state index contributed by atoms with van der Waals surface area (Å²) in [5.74, 6) is -2.07. The zero-order valence-corrected chi connectivity index (χ0v) is 26.6. The van der Waals surface area contributed by atoms with E-state index in [4.69, 9.17) is 4.84 Å². The van der Waals surface area contributed by atoms with Crippen LogP contribution in [0.5, 0.6) is 0 Å². The Morgan fingerprint density at radius 1 is 1.02 bits per heavy atom. The van der Waals surface area contributed by atoms with Crippen LogP contribution in [-0.2, 0) is 28.8 Å². The molecule has 2 heterocycles. The Morgan fingerprint density at radius 3 is 2.30 bits per heavy atom. The van der Waals surface area contributed by atoms with Crippen molar-refractivity contribution >= 4 is 35.1 Å². The number of nitrogens with zero attached hydrogens (tertiary/aromatic N) is 2. The second-order valence-electron chi connectivity index (χ2n) is 14.2. The first kappa shape index (κ1) is 32.9. The van der Waals surface area contributed by atoms with Gasteiger partial charge in [0.15, 0.2) is 5.60 Å². The summed E-state index contributed by atoms with van der Waals surface area (Å²) in [4.78, 5) is 74.4. The van der Waals surface area contributed by atoms with E-state index in [-0.39, 0.29) is 30.8 Å². The number of hydrogen-bond acceptors (Lipinski definition) is 7. The van der Waals surface area contributed by atoms with E-state index in [0.717, 1.165) is 44.2 Å². The average molecular weight is 602 g/mol. The smallest absolute Gasteiger partial charge is 0.289 e. The van der Waals surface area contributed by atoms with Gasteiger partial charge >= 0.3 is 0 Å². The van der Waals surface area contributed by atoms with Gasteiger partial charge in [-0.05, 0) is 49.9 Å². The molecular formula is C32H51N5O6. The van der Waals surface area contributed by atoms with E-state index in [1.807, 2.05) is 34.6 Å². The van der Waals surface area contributed by atoms with E-state index in [1.165, 1.54) is 11.3 Å². The Balaban J connectivity index is 1.53. The SMILES string of the molecule is CCC[C@H](NC(=O)[C@@H]1C[C@]2(CC(CC)=NO2)CN1C(=O)[C@@H](NC(=O)CC1CCCCC1)C(C)(C)C)C(=O)C(=O)NC1CC1. The Labute approximate surface area is 255 Å². The summed E-state index contributed by atoms with van der Waals surface area (Å²) >= 11 is 0. The van der Waals surface area contributed by atoms with Crippen LogP contribution in [0.3, 0.4) is 0 Å². The molecule has 2 aliphatic heterocycles. The molecule has 3 N–H and O–H groups in total. The van der Waals surface area contributed by atoms with Gasteiger partial charge in [-0.1, -0.05) is 65.5 Å². The summed E-state index contributed by atoms with van der Waals surface area (Å²) in [7, 11) is 0. The molecule has 0 aromatic carbocycles. The van der Waals surface area contributed by atoms with Crippen molar-refractivity contribution in [3.8, 4) is 0 Å². The molecule has 0 aromatic heterocycles. The highest BCUT2D eigenvalue weighted by molar-refractivity contribution is 6.38. The molecule has 0 bridgehead atoms. The Kier molecular flexibility index (Phi) is 10.5. The molecule has 11 heteroatoms. The lowest BCUT2D eigenvalue weighted by Crippen LogP contribution is -2.59. The van der Waals surface area contributed by atoms with Crippen molar-refractivity contribution in [2.45, 2.75) is 148 Å². The third-order valence-electron chi connectivity index (χ3n) is 9.25. The highest BCUT2D eigenvalue weighted by Crippen LogP contribution is 2.39. The quantitative estimate of drug-likeness (QED) is 0.293. The maximum absolute atomic E-state index is 14.3. The number of Topliss-reactive ketones (excluding diaryl/α,β-unsaturated/α-hetero) is 1. The van der Waals surface area contributed by atoms with E-state index < -0.39 is 46.7 Å². The lowest BCUT2D eigenvalue weighted by Gasteiger charge is -2.36. The topological polar surface area (TPSA) is 146 Å². The fraction of sp³-hybridized carbons (Fsp3) is 0.812. The second kappa shape index (κ2) is 13.8. The summed E-state index contributed by atoms with van der Waals surface area (Å²) in [5.41, 5.74) is -0.623. The number of carbonyl (C=O) groups excluding carboxylic acids is 5. The van der Waals surface area contributed by atoms with Crippen molar-refractivity contribution in [1.82, 2.24) is 20.9 Å². The highest BCUT2D eigenvalue weighted by Gasteiger charge is 2.55. The Hall–Kier alpha value is -2.98. The van der Waals surface area contributed by atoms with E-state index >= 15 is 0 Å².